The van der Waals surface area contributed by atoms with Gasteiger partial charge in [0.25, 0.3) is 0 Å². The minimum absolute atomic E-state index is 0. The summed E-state index contributed by atoms with van der Waals surface area (Å²) in [5.74, 6) is -3.53. The Labute approximate surface area is 214 Å². The van der Waals surface area contributed by atoms with Crippen molar-refractivity contribution in [1.82, 2.24) is 19.0 Å². The molecule has 4 heterocycles. The number of carbonyl (C=O) groups is 3. The molecule has 0 unspecified atom stereocenters. The number of Topliss-reactive ketones (excluding diaryl/α,β-unsaturated/α-hetero) is 1. The molecule has 0 radical (unpaired) electrons. The van der Waals surface area contributed by atoms with Crippen LogP contribution in [0.1, 0.15) is 28.7 Å². The number of carboxylic acids is 1. The predicted molar refractivity (Wildman–Crippen MR) is 111 cm³/mol. The van der Waals surface area contributed by atoms with Crippen LogP contribution in [0.3, 0.4) is 0 Å². The number of nitrogens with two attached hydrogens (primary N) is 1. The van der Waals surface area contributed by atoms with E-state index in [0.717, 1.165) is 16.2 Å². The summed E-state index contributed by atoms with van der Waals surface area (Å²) in [5, 5.41) is 21.6. The summed E-state index contributed by atoms with van der Waals surface area (Å²) in [6, 6.07) is -0.469. The van der Waals surface area contributed by atoms with Gasteiger partial charge in [-0.15, -0.1) is 11.3 Å². The van der Waals surface area contributed by atoms with E-state index in [1.54, 1.807) is 6.20 Å². The number of aromatic nitrogens is 2. The molecule has 0 aliphatic carbocycles. The van der Waals surface area contributed by atoms with Gasteiger partial charge in [0.1, 0.15) is 16.9 Å². The Morgan fingerprint density at radius 2 is 2.15 bits per heavy atom. The maximum Gasteiger partial charge on any atom is 1.00 e. The van der Waals surface area contributed by atoms with E-state index >= 15 is 0 Å². The first-order valence-electron chi connectivity index (χ1n) is 9.68. The number of β-lactam (4-membered cyclic amide) rings is 1. The zero-order valence-corrected chi connectivity index (χ0v) is 21.5. The van der Waals surface area contributed by atoms with E-state index in [1.165, 1.54) is 17.7 Å². The first kappa shape index (κ1) is 26.0. The SMILES string of the molecule is C[C@@H](O)[C@H]1C(=O)N2C(C(=O)[O-])=C(c3cn4cnc(C(=O)CNS(=O)(=O)CCN)c4s3)C[C@H]12.[Na+]. The van der Waals surface area contributed by atoms with Gasteiger partial charge >= 0.3 is 29.6 Å². The molecule has 2 aromatic heterocycles. The molecule has 1 fully saturated rings. The average molecular weight is 506 g/mol. The fourth-order valence-electron chi connectivity index (χ4n) is 4.10. The number of imidazole rings is 1. The van der Waals surface area contributed by atoms with Crippen LogP contribution in [0, 0.1) is 5.92 Å². The molecule has 4 N–H and O–H groups in total. The van der Waals surface area contributed by atoms with E-state index in [2.05, 4.69) is 9.71 Å². The fraction of sp³-hybridized carbons (Fsp3) is 0.444. The molecule has 0 aromatic carbocycles. The number of aliphatic hydroxyl groups is 1. The van der Waals surface area contributed by atoms with Gasteiger partial charge in [-0.3, -0.25) is 14.0 Å². The zero-order chi connectivity index (χ0) is 23.4. The van der Waals surface area contributed by atoms with Gasteiger partial charge in [-0.1, -0.05) is 0 Å². The second kappa shape index (κ2) is 9.54. The van der Waals surface area contributed by atoms with Crippen LogP contribution in [0.4, 0.5) is 0 Å². The van der Waals surface area contributed by atoms with E-state index in [9.17, 15) is 33.0 Å². The number of amides is 1. The third kappa shape index (κ3) is 4.53. The average Bonchev–Trinajstić information content (AvgIpc) is 3.36. The summed E-state index contributed by atoms with van der Waals surface area (Å²) in [4.78, 5) is 42.8. The van der Waals surface area contributed by atoms with Gasteiger partial charge in [0.15, 0.2) is 5.78 Å². The van der Waals surface area contributed by atoms with Crippen molar-refractivity contribution in [2.45, 2.75) is 25.5 Å². The molecule has 172 valence electrons. The van der Waals surface area contributed by atoms with Gasteiger partial charge in [-0.2, -0.15) is 0 Å². The molecule has 0 bridgehead atoms. The van der Waals surface area contributed by atoms with Gasteiger partial charge < -0.3 is 25.6 Å². The number of carboxylic acid groups (broad SMARTS) is 1. The number of aliphatic carboxylic acids is 1. The van der Waals surface area contributed by atoms with Crippen LogP contribution in [0.15, 0.2) is 18.2 Å². The first-order chi connectivity index (χ1) is 15.1. The smallest absolute Gasteiger partial charge is 0.543 e. The Hall–Kier alpha value is -1.65. The second-order valence-corrected chi connectivity index (χ2v) is 10.6. The van der Waals surface area contributed by atoms with E-state index in [4.69, 9.17) is 5.73 Å². The van der Waals surface area contributed by atoms with Crippen molar-refractivity contribution in [3.63, 3.8) is 0 Å². The number of hydrogen-bond acceptors (Lipinski definition) is 10. The van der Waals surface area contributed by atoms with Crippen LogP contribution in [0.2, 0.25) is 0 Å². The van der Waals surface area contributed by atoms with Crippen molar-refractivity contribution < 1.29 is 62.6 Å². The zero-order valence-electron chi connectivity index (χ0n) is 17.8. The van der Waals surface area contributed by atoms with Gasteiger partial charge in [-0.05, 0) is 18.9 Å². The predicted octanol–water partition coefficient (Wildman–Crippen LogP) is -5.47. The minimum Gasteiger partial charge on any atom is -0.543 e. The number of sulfonamides is 1. The van der Waals surface area contributed by atoms with Crippen LogP contribution in [-0.4, -0.2) is 76.5 Å². The summed E-state index contributed by atoms with van der Waals surface area (Å²) in [5.41, 5.74) is 5.41. The summed E-state index contributed by atoms with van der Waals surface area (Å²) in [6.07, 6.45) is 2.27. The largest absolute Gasteiger partial charge is 1.00 e. The summed E-state index contributed by atoms with van der Waals surface area (Å²) in [7, 11) is -3.68. The maximum absolute atomic E-state index is 12.5. The molecule has 2 aromatic rings. The molecule has 33 heavy (non-hydrogen) atoms. The van der Waals surface area contributed by atoms with Gasteiger partial charge in [0.05, 0.1) is 46.9 Å². The van der Waals surface area contributed by atoms with E-state index in [0.29, 0.717) is 15.3 Å². The van der Waals surface area contributed by atoms with Crippen molar-refractivity contribution in [2.75, 3.05) is 18.8 Å². The molecule has 1 amide bonds. The number of aliphatic hydroxyl groups excluding tert-OH is 1. The molecule has 4 rings (SSSR count). The third-order valence-corrected chi connectivity index (χ3v) is 8.06. The molecule has 12 nitrogen and oxygen atoms in total. The Morgan fingerprint density at radius 3 is 2.76 bits per heavy atom. The molecule has 1 saturated heterocycles. The Balaban J connectivity index is 0.00000306. The van der Waals surface area contributed by atoms with Crippen LogP contribution in [-0.2, 0) is 19.6 Å². The molecule has 3 atom stereocenters. The van der Waals surface area contributed by atoms with Crippen molar-refractivity contribution in [2.24, 2.45) is 11.7 Å². The monoisotopic (exact) mass is 505 g/mol. The Kier molecular flexibility index (Phi) is 7.51. The van der Waals surface area contributed by atoms with E-state index in [-0.39, 0.29) is 59.7 Å². The fourth-order valence-corrected chi connectivity index (χ4v) is 6.05. The first-order valence-corrected chi connectivity index (χ1v) is 12.2. The van der Waals surface area contributed by atoms with Gasteiger partial charge in [0.2, 0.25) is 15.9 Å². The molecule has 2 aliphatic rings. The number of carbonyl (C=O) groups excluding carboxylic acids is 3. The summed E-state index contributed by atoms with van der Waals surface area (Å²) >= 11 is 1.10. The summed E-state index contributed by atoms with van der Waals surface area (Å²) in [6.45, 7) is 0.908. The summed E-state index contributed by atoms with van der Waals surface area (Å²) < 4.78 is 27.2. The number of nitrogens with one attached hydrogen (secondary N) is 1. The quantitative estimate of drug-likeness (QED) is 0.170. The second-order valence-electron chi connectivity index (χ2n) is 7.61. The van der Waals surface area contributed by atoms with Crippen LogP contribution in [0.25, 0.3) is 10.4 Å². The van der Waals surface area contributed by atoms with Crippen molar-refractivity contribution >= 4 is 49.4 Å². The maximum atomic E-state index is 12.5. The minimum atomic E-state index is -3.68. The van der Waals surface area contributed by atoms with Crippen LogP contribution in [0.5, 0.6) is 0 Å². The number of ketones is 1. The normalized spacial score (nSPS) is 21.1. The molecule has 2 aliphatic heterocycles. The van der Waals surface area contributed by atoms with Crippen molar-refractivity contribution in [3.05, 3.63) is 28.8 Å². The third-order valence-electron chi connectivity index (χ3n) is 5.53. The molecular formula is C18H20N5NaO7S2. The molecule has 0 saturated carbocycles. The van der Waals surface area contributed by atoms with Crippen LogP contribution >= 0.6 is 11.3 Å². The molecule has 0 spiro atoms. The number of thiazole rings is 1. The van der Waals surface area contributed by atoms with Crippen LogP contribution < -0.4 is 45.1 Å². The number of rotatable bonds is 9. The number of hydrogen-bond donors (Lipinski definition) is 3. The standard InChI is InChI=1S/C18H21N5O7S2.Na/c1-8(24)13-10-4-9(15(18(27)28)23(10)16(13)26)12-6-22-7-20-14(17(22)31-12)11(25)5-21-32(29,30)3-2-19;/h6-8,10,13,21,24H,2-5,19H2,1H3,(H,27,28);/q;+1/p-1/t8-,10-,13-;/m1./s1. The van der Waals surface area contributed by atoms with Gasteiger partial charge in [-0.25, -0.2) is 18.1 Å². The Bertz CT molecular complexity index is 1270. The van der Waals surface area contributed by atoms with Crippen molar-refractivity contribution in [1.29, 1.82) is 0 Å². The van der Waals surface area contributed by atoms with Crippen molar-refractivity contribution in [3.8, 4) is 0 Å². The topological polar surface area (TPSA) is 187 Å². The Morgan fingerprint density at radius 1 is 1.45 bits per heavy atom. The molecule has 15 heteroatoms. The van der Waals surface area contributed by atoms with E-state index < -0.39 is 52.3 Å². The molecular weight excluding hydrogens is 485 g/mol. The van der Waals surface area contributed by atoms with E-state index in [1.807, 2.05) is 0 Å². The number of nitrogens with zero attached hydrogens (tertiary/aromatic N) is 3. The number of fused-ring (bicyclic) bond motifs is 2. The van der Waals surface area contributed by atoms with Gasteiger partial charge in [0, 0.05) is 12.7 Å².